The monoisotopic (exact) mass is 516 g/mol. The molecule has 3 aromatic rings. The minimum absolute atomic E-state index is 0.0422. The summed E-state index contributed by atoms with van der Waals surface area (Å²) in [6.07, 6.45) is 2.90. The number of aryl methyl sites for hydroxylation is 2. The highest BCUT2D eigenvalue weighted by Crippen LogP contribution is 2.33. The molecular formula is C30H36N4O4. The predicted molar refractivity (Wildman–Crippen MR) is 145 cm³/mol. The number of rotatable bonds is 7. The highest BCUT2D eigenvalue weighted by atomic mass is 16.5. The van der Waals surface area contributed by atoms with E-state index >= 15 is 0 Å². The second-order valence-electron chi connectivity index (χ2n) is 10.3. The molecule has 2 saturated heterocycles. The fourth-order valence-electron chi connectivity index (χ4n) is 5.96. The SMILES string of the molecule is COc1ccc(CCN2C(=O)CC[C@@H]3CN(C(=O)c4cccc(-n5nc(C)cc5C)c4)CC[C@@H]32)cc1OC. The minimum Gasteiger partial charge on any atom is -0.493 e. The Hall–Kier alpha value is -3.81. The molecule has 38 heavy (non-hydrogen) atoms. The molecule has 2 fully saturated rings. The Kier molecular flexibility index (Phi) is 7.40. The molecular weight excluding hydrogens is 480 g/mol. The quantitative estimate of drug-likeness (QED) is 0.470. The summed E-state index contributed by atoms with van der Waals surface area (Å²) in [5.41, 5.74) is 4.65. The topological polar surface area (TPSA) is 76.9 Å². The zero-order valence-corrected chi connectivity index (χ0v) is 22.6. The number of amides is 2. The van der Waals surface area contributed by atoms with Gasteiger partial charge in [0.15, 0.2) is 11.5 Å². The third kappa shape index (κ3) is 5.12. The Morgan fingerprint density at radius 1 is 1.03 bits per heavy atom. The standard InChI is InChI=1S/C30H36N4O4/c1-20-16-21(2)34(31-20)25-7-5-6-23(18-25)30(36)32-14-13-26-24(19-32)9-11-29(35)33(26)15-12-22-8-10-27(37-3)28(17-22)38-4/h5-8,10,16-18,24,26H,9,11-15,19H2,1-4H3/t24-,26+/m1/s1. The molecule has 0 saturated carbocycles. The minimum atomic E-state index is 0.0422. The van der Waals surface area contributed by atoms with Gasteiger partial charge in [-0.2, -0.15) is 5.10 Å². The summed E-state index contributed by atoms with van der Waals surface area (Å²) in [5, 5.41) is 4.56. The van der Waals surface area contributed by atoms with E-state index in [2.05, 4.69) is 10.00 Å². The van der Waals surface area contributed by atoms with Gasteiger partial charge in [0.25, 0.3) is 5.91 Å². The van der Waals surface area contributed by atoms with E-state index in [1.54, 1.807) is 14.2 Å². The van der Waals surface area contributed by atoms with Gasteiger partial charge in [-0.3, -0.25) is 9.59 Å². The average Bonchev–Trinajstić information content (AvgIpc) is 3.29. The van der Waals surface area contributed by atoms with Gasteiger partial charge >= 0.3 is 0 Å². The fraction of sp³-hybridized carbons (Fsp3) is 0.433. The van der Waals surface area contributed by atoms with Crippen molar-refractivity contribution in [3.63, 3.8) is 0 Å². The molecule has 0 radical (unpaired) electrons. The van der Waals surface area contributed by atoms with Crippen molar-refractivity contribution in [1.29, 1.82) is 0 Å². The molecule has 2 aliphatic heterocycles. The molecule has 0 unspecified atom stereocenters. The Labute approximate surface area is 224 Å². The lowest BCUT2D eigenvalue weighted by Crippen LogP contribution is -2.57. The number of carbonyl (C=O) groups is 2. The number of benzene rings is 2. The van der Waals surface area contributed by atoms with Crippen molar-refractivity contribution in [1.82, 2.24) is 19.6 Å². The number of aromatic nitrogens is 2. The van der Waals surface area contributed by atoms with E-state index in [-0.39, 0.29) is 23.8 Å². The number of hydrogen-bond acceptors (Lipinski definition) is 5. The van der Waals surface area contributed by atoms with Crippen molar-refractivity contribution in [2.75, 3.05) is 33.9 Å². The Morgan fingerprint density at radius 3 is 2.58 bits per heavy atom. The first kappa shape index (κ1) is 25.8. The summed E-state index contributed by atoms with van der Waals surface area (Å²) >= 11 is 0. The van der Waals surface area contributed by atoms with Gasteiger partial charge in [-0.25, -0.2) is 4.68 Å². The molecule has 0 bridgehead atoms. The van der Waals surface area contributed by atoms with Gasteiger partial charge in [0, 0.05) is 43.4 Å². The number of likely N-dealkylation sites (tertiary alicyclic amines) is 2. The largest absolute Gasteiger partial charge is 0.493 e. The van der Waals surface area contributed by atoms with Gasteiger partial charge < -0.3 is 19.3 Å². The van der Waals surface area contributed by atoms with E-state index in [1.165, 1.54) is 0 Å². The van der Waals surface area contributed by atoms with Crippen molar-refractivity contribution >= 4 is 11.8 Å². The molecule has 2 atom stereocenters. The van der Waals surface area contributed by atoms with Crippen LogP contribution >= 0.6 is 0 Å². The van der Waals surface area contributed by atoms with E-state index in [0.717, 1.165) is 41.9 Å². The number of ether oxygens (including phenoxy) is 2. The molecule has 8 nitrogen and oxygen atoms in total. The first-order chi connectivity index (χ1) is 18.4. The Bertz CT molecular complexity index is 1330. The van der Waals surface area contributed by atoms with E-state index in [9.17, 15) is 9.59 Å². The molecule has 2 amide bonds. The predicted octanol–water partition coefficient (Wildman–Crippen LogP) is 4.20. The summed E-state index contributed by atoms with van der Waals surface area (Å²) in [4.78, 5) is 30.4. The number of hydrogen-bond donors (Lipinski definition) is 0. The Balaban J connectivity index is 1.25. The molecule has 2 aliphatic rings. The fourth-order valence-corrected chi connectivity index (χ4v) is 5.96. The maximum absolute atomic E-state index is 13.5. The number of piperidine rings is 2. The highest BCUT2D eigenvalue weighted by molar-refractivity contribution is 5.95. The van der Waals surface area contributed by atoms with Crippen LogP contribution in [-0.2, 0) is 11.2 Å². The average molecular weight is 517 g/mol. The van der Waals surface area contributed by atoms with Crippen LogP contribution in [0.1, 0.15) is 46.6 Å². The zero-order valence-electron chi connectivity index (χ0n) is 22.6. The third-order valence-corrected chi connectivity index (χ3v) is 7.87. The van der Waals surface area contributed by atoms with Gasteiger partial charge in [0.2, 0.25) is 5.91 Å². The molecule has 0 spiro atoms. The molecule has 5 rings (SSSR count). The van der Waals surface area contributed by atoms with Crippen LogP contribution in [0, 0.1) is 19.8 Å². The molecule has 1 aromatic heterocycles. The van der Waals surface area contributed by atoms with Gasteiger partial charge in [-0.15, -0.1) is 0 Å². The number of nitrogens with zero attached hydrogens (tertiary/aromatic N) is 4. The molecule has 2 aromatic carbocycles. The maximum Gasteiger partial charge on any atom is 0.253 e. The lowest BCUT2D eigenvalue weighted by Gasteiger charge is -2.47. The van der Waals surface area contributed by atoms with Crippen molar-refractivity contribution in [3.8, 4) is 17.2 Å². The molecule has 8 heteroatoms. The van der Waals surface area contributed by atoms with Gasteiger partial charge in [-0.1, -0.05) is 12.1 Å². The summed E-state index contributed by atoms with van der Waals surface area (Å²) in [7, 11) is 3.25. The number of methoxy groups -OCH3 is 2. The summed E-state index contributed by atoms with van der Waals surface area (Å²) in [6, 6.07) is 15.8. The van der Waals surface area contributed by atoms with Gasteiger partial charge in [0.05, 0.1) is 25.6 Å². The van der Waals surface area contributed by atoms with Gasteiger partial charge in [0.1, 0.15) is 0 Å². The Morgan fingerprint density at radius 2 is 1.84 bits per heavy atom. The normalized spacial score (nSPS) is 19.3. The van der Waals surface area contributed by atoms with E-state index in [4.69, 9.17) is 9.47 Å². The van der Waals surface area contributed by atoms with E-state index < -0.39 is 0 Å². The van der Waals surface area contributed by atoms with Crippen LogP contribution in [0.4, 0.5) is 0 Å². The van der Waals surface area contributed by atoms with Crippen LogP contribution < -0.4 is 9.47 Å². The number of fused-ring (bicyclic) bond motifs is 1. The lowest BCUT2D eigenvalue weighted by atomic mass is 9.83. The van der Waals surface area contributed by atoms with Gasteiger partial charge in [-0.05, 0) is 81.0 Å². The van der Waals surface area contributed by atoms with Crippen LogP contribution in [0.3, 0.4) is 0 Å². The second-order valence-corrected chi connectivity index (χ2v) is 10.3. The van der Waals surface area contributed by atoms with Crippen molar-refractivity contribution in [3.05, 3.63) is 71.0 Å². The maximum atomic E-state index is 13.5. The van der Waals surface area contributed by atoms with Crippen LogP contribution in [0.2, 0.25) is 0 Å². The molecule has 3 heterocycles. The van der Waals surface area contributed by atoms with Crippen molar-refractivity contribution in [2.45, 2.75) is 45.6 Å². The third-order valence-electron chi connectivity index (χ3n) is 7.87. The van der Waals surface area contributed by atoms with Crippen molar-refractivity contribution in [2.24, 2.45) is 5.92 Å². The summed E-state index contributed by atoms with van der Waals surface area (Å²) in [5.74, 6) is 1.93. The van der Waals surface area contributed by atoms with Crippen LogP contribution in [-0.4, -0.2) is 71.3 Å². The van der Waals surface area contributed by atoms with Crippen molar-refractivity contribution < 1.29 is 19.1 Å². The van der Waals surface area contributed by atoms with E-state index in [1.807, 2.05) is 72.0 Å². The lowest BCUT2D eigenvalue weighted by molar-refractivity contribution is -0.140. The summed E-state index contributed by atoms with van der Waals surface area (Å²) < 4.78 is 12.7. The molecule has 0 N–H and O–H groups in total. The van der Waals surface area contributed by atoms with E-state index in [0.29, 0.717) is 43.1 Å². The van der Waals surface area contributed by atoms with Crippen LogP contribution in [0.15, 0.2) is 48.5 Å². The smallest absolute Gasteiger partial charge is 0.253 e. The first-order valence-corrected chi connectivity index (χ1v) is 13.3. The second kappa shape index (κ2) is 10.9. The molecule has 0 aliphatic carbocycles. The van der Waals surface area contributed by atoms with Crippen LogP contribution in [0.5, 0.6) is 11.5 Å². The highest BCUT2D eigenvalue weighted by Gasteiger charge is 2.40. The number of carbonyl (C=O) groups excluding carboxylic acids is 2. The molecule has 200 valence electrons. The summed E-state index contributed by atoms with van der Waals surface area (Å²) in [6.45, 7) is 5.96. The zero-order chi connectivity index (χ0) is 26.8. The van der Waals surface area contributed by atoms with Crippen LogP contribution in [0.25, 0.3) is 5.69 Å². The first-order valence-electron chi connectivity index (χ1n) is 13.3.